The van der Waals surface area contributed by atoms with Crippen molar-refractivity contribution in [3.63, 3.8) is 0 Å². The van der Waals surface area contributed by atoms with Crippen LogP contribution in [0.3, 0.4) is 0 Å². The molecule has 6 heteroatoms. The fraction of sp³-hybridized carbons (Fsp3) is 0.176. The van der Waals surface area contributed by atoms with Crippen molar-refractivity contribution in [2.45, 2.75) is 20.0 Å². The first-order chi connectivity index (χ1) is 11.0. The predicted octanol–water partition coefficient (Wildman–Crippen LogP) is 4.15. The normalized spacial score (nSPS) is 12.1. The molecule has 0 fully saturated rings. The van der Waals surface area contributed by atoms with Crippen molar-refractivity contribution in [2.24, 2.45) is 0 Å². The standard InChI is InChI=1S/C17H15FN2O2S/c1-10(22-14-6-3-12(18)4-7-14)17(21)20-13-5-8-15-16(9-13)23-11(2)19-15/h3-10H,1-2H3,(H,20,21)/t10-/m0/s1. The van der Waals surface area contributed by atoms with Crippen LogP contribution in [0.1, 0.15) is 11.9 Å². The van der Waals surface area contributed by atoms with E-state index in [2.05, 4.69) is 10.3 Å². The predicted molar refractivity (Wildman–Crippen MR) is 89.5 cm³/mol. The van der Waals surface area contributed by atoms with Crippen molar-refractivity contribution >= 4 is 33.1 Å². The van der Waals surface area contributed by atoms with Crippen LogP contribution in [0, 0.1) is 12.7 Å². The number of carbonyl (C=O) groups is 1. The first-order valence-electron chi connectivity index (χ1n) is 7.11. The number of hydrogen-bond donors (Lipinski definition) is 1. The van der Waals surface area contributed by atoms with Crippen LogP contribution in [0.15, 0.2) is 42.5 Å². The maximum Gasteiger partial charge on any atom is 0.265 e. The number of aryl methyl sites for hydroxylation is 1. The minimum Gasteiger partial charge on any atom is -0.481 e. The van der Waals surface area contributed by atoms with Crippen LogP contribution in [0.2, 0.25) is 0 Å². The van der Waals surface area contributed by atoms with Gasteiger partial charge in [-0.25, -0.2) is 9.37 Å². The van der Waals surface area contributed by atoms with Crippen LogP contribution >= 0.6 is 11.3 Å². The molecule has 4 nitrogen and oxygen atoms in total. The SMILES string of the molecule is Cc1nc2ccc(NC(=O)[C@H](C)Oc3ccc(F)cc3)cc2s1. The lowest BCUT2D eigenvalue weighted by Crippen LogP contribution is -2.30. The minimum atomic E-state index is -0.695. The Morgan fingerprint density at radius 2 is 2.00 bits per heavy atom. The summed E-state index contributed by atoms with van der Waals surface area (Å²) in [5.74, 6) is -0.167. The topological polar surface area (TPSA) is 51.2 Å². The molecule has 0 aliphatic rings. The molecule has 3 aromatic rings. The number of nitrogens with zero attached hydrogens (tertiary/aromatic N) is 1. The molecule has 0 radical (unpaired) electrons. The van der Waals surface area contributed by atoms with Crippen molar-refractivity contribution in [2.75, 3.05) is 5.32 Å². The summed E-state index contributed by atoms with van der Waals surface area (Å²) in [5.41, 5.74) is 1.61. The highest BCUT2D eigenvalue weighted by molar-refractivity contribution is 7.18. The molecule has 118 valence electrons. The smallest absolute Gasteiger partial charge is 0.265 e. The van der Waals surface area contributed by atoms with Crippen molar-refractivity contribution in [3.8, 4) is 5.75 Å². The summed E-state index contributed by atoms with van der Waals surface area (Å²) in [5, 5.41) is 3.80. The second kappa shape index (κ2) is 6.34. The second-order valence-electron chi connectivity index (χ2n) is 5.12. The Hall–Kier alpha value is -2.47. The van der Waals surface area contributed by atoms with Crippen LogP contribution in [0.4, 0.5) is 10.1 Å². The number of nitrogens with one attached hydrogen (secondary N) is 1. The molecule has 0 unspecified atom stereocenters. The van der Waals surface area contributed by atoms with E-state index in [0.29, 0.717) is 11.4 Å². The lowest BCUT2D eigenvalue weighted by Gasteiger charge is -2.14. The van der Waals surface area contributed by atoms with E-state index < -0.39 is 6.10 Å². The lowest BCUT2D eigenvalue weighted by atomic mass is 10.2. The number of carbonyl (C=O) groups excluding carboxylic acids is 1. The number of rotatable bonds is 4. The van der Waals surface area contributed by atoms with Crippen LogP contribution in [0.5, 0.6) is 5.75 Å². The Labute approximate surface area is 136 Å². The second-order valence-corrected chi connectivity index (χ2v) is 6.35. The molecule has 23 heavy (non-hydrogen) atoms. The average molecular weight is 330 g/mol. The van der Waals surface area contributed by atoms with Crippen LogP contribution in [-0.4, -0.2) is 17.0 Å². The van der Waals surface area contributed by atoms with Gasteiger partial charge in [0.2, 0.25) is 0 Å². The molecule has 0 spiro atoms. The van der Waals surface area contributed by atoms with Crippen LogP contribution in [0.25, 0.3) is 10.2 Å². The number of aromatic nitrogens is 1. The zero-order chi connectivity index (χ0) is 16.4. The molecule has 1 N–H and O–H groups in total. The van der Waals surface area contributed by atoms with Gasteiger partial charge in [0.15, 0.2) is 6.10 Å². The van der Waals surface area contributed by atoms with E-state index in [1.54, 1.807) is 18.3 Å². The lowest BCUT2D eigenvalue weighted by molar-refractivity contribution is -0.122. The molecule has 1 amide bonds. The third kappa shape index (κ3) is 3.65. The molecule has 0 aliphatic carbocycles. The molecule has 1 heterocycles. The fourth-order valence-corrected chi connectivity index (χ4v) is 3.00. The van der Waals surface area contributed by atoms with E-state index in [1.807, 2.05) is 25.1 Å². The zero-order valence-corrected chi connectivity index (χ0v) is 13.5. The molecule has 0 saturated heterocycles. The number of hydrogen-bond acceptors (Lipinski definition) is 4. The fourth-order valence-electron chi connectivity index (χ4n) is 2.13. The van der Waals surface area contributed by atoms with Gasteiger partial charge in [0.25, 0.3) is 5.91 Å². The van der Waals surface area contributed by atoms with Gasteiger partial charge in [-0.2, -0.15) is 0 Å². The minimum absolute atomic E-state index is 0.269. The van der Waals surface area contributed by atoms with Gasteiger partial charge in [-0.1, -0.05) is 0 Å². The van der Waals surface area contributed by atoms with Gasteiger partial charge in [-0.05, 0) is 56.3 Å². The Balaban J connectivity index is 1.67. The van der Waals surface area contributed by atoms with Crippen LogP contribution in [-0.2, 0) is 4.79 Å². The van der Waals surface area contributed by atoms with E-state index in [4.69, 9.17) is 4.74 Å². The van der Waals surface area contributed by atoms with Crippen molar-refractivity contribution in [1.29, 1.82) is 0 Å². The average Bonchev–Trinajstić information content (AvgIpc) is 2.88. The molecule has 0 bridgehead atoms. The van der Waals surface area contributed by atoms with E-state index in [0.717, 1.165) is 15.2 Å². The summed E-state index contributed by atoms with van der Waals surface area (Å²) in [6.07, 6.45) is -0.695. The van der Waals surface area contributed by atoms with E-state index >= 15 is 0 Å². The molecule has 0 saturated carbocycles. The molecular formula is C17H15FN2O2S. The molecule has 0 aliphatic heterocycles. The number of benzene rings is 2. The van der Waals surface area contributed by atoms with Crippen LogP contribution < -0.4 is 10.1 Å². The summed E-state index contributed by atoms with van der Waals surface area (Å²) in [7, 11) is 0. The van der Waals surface area contributed by atoms with E-state index in [9.17, 15) is 9.18 Å². The largest absolute Gasteiger partial charge is 0.481 e. The molecule has 1 atom stereocenters. The highest BCUT2D eigenvalue weighted by atomic mass is 32.1. The van der Waals surface area contributed by atoms with Gasteiger partial charge in [0.1, 0.15) is 11.6 Å². The Morgan fingerprint density at radius 1 is 1.26 bits per heavy atom. The molecular weight excluding hydrogens is 315 g/mol. The van der Waals surface area contributed by atoms with Gasteiger partial charge < -0.3 is 10.1 Å². The highest BCUT2D eigenvalue weighted by Crippen LogP contribution is 2.25. The van der Waals surface area contributed by atoms with Crippen molar-refractivity contribution in [1.82, 2.24) is 4.98 Å². The highest BCUT2D eigenvalue weighted by Gasteiger charge is 2.15. The molecule has 3 rings (SSSR count). The maximum absolute atomic E-state index is 12.9. The van der Waals surface area contributed by atoms with Gasteiger partial charge >= 0.3 is 0 Å². The molecule has 1 aromatic heterocycles. The molecule has 2 aromatic carbocycles. The third-order valence-electron chi connectivity index (χ3n) is 3.26. The number of amides is 1. The summed E-state index contributed by atoms with van der Waals surface area (Å²) in [6.45, 7) is 3.59. The Morgan fingerprint density at radius 3 is 2.74 bits per heavy atom. The third-order valence-corrected chi connectivity index (χ3v) is 4.19. The monoisotopic (exact) mass is 330 g/mol. The summed E-state index contributed by atoms with van der Waals surface area (Å²) >= 11 is 1.58. The number of thiazole rings is 1. The first kappa shape index (κ1) is 15.4. The van der Waals surface area contributed by atoms with E-state index in [-0.39, 0.29) is 11.7 Å². The maximum atomic E-state index is 12.9. The summed E-state index contributed by atoms with van der Waals surface area (Å²) in [4.78, 5) is 16.6. The Bertz CT molecular complexity index is 845. The number of halogens is 1. The summed E-state index contributed by atoms with van der Waals surface area (Å²) < 4.78 is 19.4. The van der Waals surface area contributed by atoms with Gasteiger partial charge in [-0.3, -0.25) is 4.79 Å². The van der Waals surface area contributed by atoms with Crippen molar-refractivity contribution < 1.29 is 13.9 Å². The number of fused-ring (bicyclic) bond motifs is 1. The van der Waals surface area contributed by atoms with Gasteiger partial charge in [0, 0.05) is 5.69 Å². The van der Waals surface area contributed by atoms with Gasteiger partial charge in [0.05, 0.1) is 15.2 Å². The Kier molecular flexibility index (Phi) is 4.25. The number of anilines is 1. The van der Waals surface area contributed by atoms with Gasteiger partial charge in [-0.15, -0.1) is 11.3 Å². The quantitative estimate of drug-likeness (QED) is 0.782. The van der Waals surface area contributed by atoms with E-state index in [1.165, 1.54) is 24.3 Å². The number of ether oxygens (including phenoxy) is 1. The van der Waals surface area contributed by atoms with Crippen molar-refractivity contribution in [3.05, 3.63) is 53.3 Å². The zero-order valence-electron chi connectivity index (χ0n) is 12.7. The summed E-state index contributed by atoms with van der Waals surface area (Å²) in [6, 6.07) is 11.1. The first-order valence-corrected chi connectivity index (χ1v) is 7.93.